The fourth-order valence-corrected chi connectivity index (χ4v) is 2.75. The van der Waals surface area contributed by atoms with Crippen molar-refractivity contribution in [1.29, 1.82) is 0 Å². The molecule has 0 radical (unpaired) electrons. The second kappa shape index (κ2) is 9.32. The largest absolute Gasteiger partial charge is 0.497 e. The van der Waals surface area contributed by atoms with Crippen LogP contribution >= 0.6 is 0 Å². The van der Waals surface area contributed by atoms with Gasteiger partial charge < -0.3 is 10.1 Å². The molecule has 0 aliphatic heterocycles. The number of hydrogen-bond acceptors (Lipinski definition) is 4. The molecule has 6 nitrogen and oxygen atoms in total. The highest BCUT2D eigenvalue weighted by Crippen LogP contribution is 2.17. The first-order chi connectivity index (χ1) is 14.1. The summed E-state index contributed by atoms with van der Waals surface area (Å²) in [6, 6.07) is 21.4. The topological polar surface area (TPSA) is 79.8 Å². The van der Waals surface area contributed by atoms with E-state index >= 15 is 0 Å². The quantitative estimate of drug-likeness (QED) is 0.495. The van der Waals surface area contributed by atoms with Gasteiger partial charge in [-0.25, -0.2) is 5.43 Å². The van der Waals surface area contributed by atoms with Gasteiger partial charge in [0, 0.05) is 5.56 Å². The first kappa shape index (κ1) is 19.8. The molecule has 0 bridgehead atoms. The number of hydrogen-bond donors (Lipinski definition) is 2. The molecule has 3 rings (SSSR count). The molecule has 0 atom stereocenters. The molecule has 29 heavy (non-hydrogen) atoms. The number of benzene rings is 3. The highest BCUT2D eigenvalue weighted by molar-refractivity contribution is 6.09. The van der Waals surface area contributed by atoms with E-state index in [2.05, 4.69) is 15.8 Å². The van der Waals surface area contributed by atoms with Gasteiger partial charge in [0.05, 0.1) is 24.6 Å². The van der Waals surface area contributed by atoms with E-state index in [-0.39, 0.29) is 5.91 Å². The summed E-state index contributed by atoms with van der Waals surface area (Å²) in [5, 5.41) is 6.80. The Morgan fingerprint density at radius 1 is 0.897 bits per heavy atom. The molecule has 0 saturated carbocycles. The number of nitrogens with zero attached hydrogens (tertiary/aromatic N) is 1. The van der Waals surface area contributed by atoms with E-state index in [9.17, 15) is 9.59 Å². The van der Waals surface area contributed by atoms with Crippen LogP contribution in [0.5, 0.6) is 5.75 Å². The van der Waals surface area contributed by atoms with Crippen LogP contribution in [0.25, 0.3) is 0 Å². The molecule has 0 unspecified atom stereocenters. The molecule has 3 aromatic rings. The Labute approximate surface area is 169 Å². The third kappa shape index (κ3) is 5.07. The first-order valence-electron chi connectivity index (χ1n) is 9.02. The predicted octanol–water partition coefficient (Wildman–Crippen LogP) is 4.02. The summed E-state index contributed by atoms with van der Waals surface area (Å²) in [4.78, 5) is 25.1. The van der Waals surface area contributed by atoms with Crippen LogP contribution < -0.4 is 15.5 Å². The lowest BCUT2D eigenvalue weighted by Crippen LogP contribution is -2.21. The molecule has 2 amide bonds. The summed E-state index contributed by atoms with van der Waals surface area (Å²) in [7, 11) is 1.58. The zero-order chi connectivity index (χ0) is 20.6. The summed E-state index contributed by atoms with van der Waals surface area (Å²) in [5.41, 5.74) is 5.41. The van der Waals surface area contributed by atoms with E-state index < -0.39 is 5.91 Å². The Morgan fingerprint density at radius 2 is 1.62 bits per heavy atom. The Bertz CT molecular complexity index is 1060. The van der Waals surface area contributed by atoms with Crippen molar-refractivity contribution in [1.82, 2.24) is 5.43 Å². The van der Waals surface area contributed by atoms with Crippen LogP contribution in [0.4, 0.5) is 5.69 Å². The molecule has 3 aromatic carbocycles. The van der Waals surface area contributed by atoms with E-state index in [1.165, 1.54) is 6.21 Å². The summed E-state index contributed by atoms with van der Waals surface area (Å²) >= 11 is 0. The van der Waals surface area contributed by atoms with Crippen LogP contribution in [0.3, 0.4) is 0 Å². The number of ether oxygens (including phenoxy) is 1. The average molecular weight is 387 g/mol. The number of para-hydroxylation sites is 1. The summed E-state index contributed by atoms with van der Waals surface area (Å²) in [6.45, 7) is 1.86. The van der Waals surface area contributed by atoms with E-state index in [0.29, 0.717) is 22.6 Å². The third-order valence-corrected chi connectivity index (χ3v) is 4.28. The Balaban J connectivity index is 1.72. The second-order valence-electron chi connectivity index (χ2n) is 6.29. The number of carbonyl (C=O) groups excluding carboxylic acids is 2. The Kier molecular flexibility index (Phi) is 6.37. The van der Waals surface area contributed by atoms with E-state index in [1.54, 1.807) is 49.6 Å². The van der Waals surface area contributed by atoms with Crippen LogP contribution in [-0.4, -0.2) is 25.1 Å². The number of hydrazone groups is 1. The van der Waals surface area contributed by atoms with Crippen molar-refractivity contribution in [3.8, 4) is 5.75 Å². The fourth-order valence-electron chi connectivity index (χ4n) is 2.75. The van der Waals surface area contributed by atoms with Gasteiger partial charge >= 0.3 is 0 Å². The third-order valence-electron chi connectivity index (χ3n) is 4.28. The summed E-state index contributed by atoms with van der Waals surface area (Å²) in [6.07, 6.45) is 1.52. The van der Waals surface area contributed by atoms with Crippen LogP contribution in [0, 0.1) is 6.92 Å². The molecule has 0 aromatic heterocycles. The van der Waals surface area contributed by atoms with Crippen molar-refractivity contribution in [3.63, 3.8) is 0 Å². The molecular formula is C23H21N3O3. The summed E-state index contributed by atoms with van der Waals surface area (Å²) in [5.74, 6) is -0.00222. The molecule has 0 aliphatic carbocycles. The van der Waals surface area contributed by atoms with Gasteiger partial charge in [-0.3, -0.25) is 9.59 Å². The molecule has 0 fully saturated rings. The predicted molar refractivity (Wildman–Crippen MR) is 114 cm³/mol. The van der Waals surface area contributed by atoms with Crippen molar-refractivity contribution in [2.45, 2.75) is 6.92 Å². The van der Waals surface area contributed by atoms with Gasteiger partial charge in [-0.15, -0.1) is 0 Å². The maximum absolute atomic E-state index is 12.6. The highest BCUT2D eigenvalue weighted by Gasteiger charge is 2.14. The van der Waals surface area contributed by atoms with E-state index in [4.69, 9.17) is 4.74 Å². The van der Waals surface area contributed by atoms with Crippen molar-refractivity contribution in [3.05, 3.63) is 95.1 Å². The molecule has 0 heterocycles. The minimum atomic E-state index is -0.426. The lowest BCUT2D eigenvalue weighted by atomic mass is 10.1. The van der Waals surface area contributed by atoms with Gasteiger partial charge in [-0.1, -0.05) is 42.5 Å². The molecule has 6 heteroatoms. The molecular weight excluding hydrogens is 366 g/mol. The maximum atomic E-state index is 12.6. The molecule has 0 spiro atoms. The van der Waals surface area contributed by atoms with Gasteiger partial charge in [0.25, 0.3) is 11.8 Å². The first-order valence-corrected chi connectivity index (χ1v) is 9.02. The molecule has 0 saturated heterocycles. The molecule has 0 aliphatic rings. The van der Waals surface area contributed by atoms with Crippen LogP contribution in [0.1, 0.15) is 31.8 Å². The van der Waals surface area contributed by atoms with Crippen molar-refractivity contribution >= 4 is 23.7 Å². The Hall–Kier alpha value is -3.93. The van der Waals surface area contributed by atoms with E-state index in [0.717, 1.165) is 11.1 Å². The van der Waals surface area contributed by atoms with Gasteiger partial charge in [0.2, 0.25) is 0 Å². The lowest BCUT2D eigenvalue weighted by Gasteiger charge is -2.11. The minimum absolute atomic E-state index is 0.275. The van der Waals surface area contributed by atoms with Crippen molar-refractivity contribution < 1.29 is 14.3 Å². The SMILES string of the molecule is COc1cccc(C=NNC(=O)c2ccccc2NC(=O)c2ccccc2C)c1. The summed E-state index contributed by atoms with van der Waals surface area (Å²) < 4.78 is 5.16. The maximum Gasteiger partial charge on any atom is 0.273 e. The zero-order valence-corrected chi connectivity index (χ0v) is 16.2. The number of methoxy groups -OCH3 is 1. The van der Waals surface area contributed by atoms with Gasteiger partial charge in [0.1, 0.15) is 5.75 Å². The van der Waals surface area contributed by atoms with Crippen molar-refractivity contribution in [2.24, 2.45) is 5.10 Å². The van der Waals surface area contributed by atoms with E-state index in [1.807, 2.05) is 37.3 Å². The molecule has 2 N–H and O–H groups in total. The smallest absolute Gasteiger partial charge is 0.273 e. The van der Waals surface area contributed by atoms with Gasteiger partial charge in [0.15, 0.2) is 0 Å². The lowest BCUT2D eigenvalue weighted by molar-refractivity contribution is 0.0956. The van der Waals surface area contributed by atoms with Gasteiger partial charge in [-0.05, 0) is 48.4 Å². The highest BCUT2D eigenvalue weighted by atomic mass is 16.5. The van der Waals surface area contributed by atoms with Crippen molar-refractivity contribution in [2.75, 3.05) is 12.4 Å². The number of aryl methyl sites for hydroxylation is 1. The standard InChI is InChI=1S/C23H21N3O3/c1-16-8-3-4-11-19(16)22(27)25-21-13-6-5-12-20(21)23(28)26-24-15-17-9-7-10-18(14-17)29-2/h3-15H,1-2H3,(H,25,27)(H,26,28). The number of nitrogens with one attached hydrogen (secondary N) is 2. The van der Waals surface area contributed by atoms with Crippen LogP contribution in [0.15, 0.2) is 77.9 Å². The van der Waals surface area contributed by atoms with Crippen LogP contribution in [0.2, 0.25) is 0 Å². The Morgan fingerprint density at radius 3 is 2.38 bits per heavy atom. The second-order valence-corrected chi connectivity index (χ2v) is 6.29. The van der Waals surface area contributed by atoms with Crippen LogP contribution in [-0.2, 0) is 0 Å². The average Bonchev–Trinajstić information content (AvgIpc) is 2.74. The fraction of sp³-hybridized carbons (Fsp3) is 0.0870. The normalized spacial score (nSPS) is 10.6. The number of rotatable bonds is 6. The monoisotopic (exact) mass is 387 g/mol. The number of carbonyl (C=O) groups is 2. The number of amides is 2. The number of anilines is 1. The molecule has 146 valence electrons. The van der Waals surface area contributed by atoms with Gasteiger partial charge in [-0.2, -0.15) is 5.10 Å². The zero-order valence-electron chi connectivity index (χ0n) is 16.2. The minimum Gasteiger partial charge on any atom is -0.497 e.